The van der Waals surface area contributed by atoms with E-state index in [0.717, 1.165) is 19.4 Å². The van der Waals surface area contributed by atoms with Gasteiger partial charge in [0.25, 0.3) is 0 Å². The Bertz CT molecular complexity index is 583. The van der Waals surface area contributed by atoms with Gasteiger partial charge < -0.3 is 4.43 Å². The zero-order valence-corrected chi connectivity index (χ0v) is 16.2. The molecule has 114 valence electrons. The van der Waals surface area contributed by atoms with Gasteiger partial charge in [-0.05, 0) is 62.0 Å². The molecule has 3 aliphatic rings. The van der Waals surface area contributed by atoms with Crippen LogP contribution in [-0.4, -0.2) is 23.0 Å². The molecular formula is C18H28OSi2. The Kier molecular flexibility index (Phi) is 3.79. The highest BCUT2D eigenvalue weighted by atomic mass is 28.4. The molecule has 3 rings (SSSR count). The quantitative estimate of drug-likeness (QED) is 0.477. The molecule has 1 nitrogen and oxygen atoms in total. The molecule has 0 radical (unpaired) electrons. The van der Waals surface area contributed by atoms with Crippen LogP contribution < -0.4 is 0 Å². The highest BCUT2D eigenvalue weighted by Crippen LogP contribution is 2.56. The standard InChI is InChI=1S/C18H28OSi2/c1-20(2,3)19-13-7-9-14-8-6-10-15(14)16-11-12-17-18(16)21(17,4)5/h6,8,12H,7,9-11,13H2,1-5H3. The molecule has 21 heavy (non-hydrogen) atoms. The first kappa shape index (κ1) is 15.3. The van der Waals surface area contributed by atoms with Gasteiger partial charge in [0, 0.05) is 6.61 Å². The van der Waals surface area contributed by atoms with Crippen LogP contribution in [0.25, 0.3) is 0 Å². The number of hydrogen-bond donors (Lipinski definition) is 0. The Labute approximate surface area is 131 Å². The maximum absolute atomic E-state index is 5.99. The minimum absolute atomic E-state index is 0.927. The summed E-state index contributed by atoms with van der Waals surface area (Å²) in [6.45, 7) is 12.7. The Morgan fingerprint density at radius 3 is 2.52 bits per heavy atom. The monoisotopic (exact) mass is 316 g/mol. The van der Waals surface area contributed by atoms with Crippen LogP contribution in [0, 0.1) is 0 Å². The predicted octanol–water partition coefficient (Wildman–Crippen LogP) is 5.30. The second-order valence-corrected chi connectivity index (χ2v) is 16.8. The van der Waals surface area contributed by atoms with Gasteiger partial charge in [0.15, 0.2) is 8.32 Å². The van der Waals surface area contributed by atoms with Crippen molar-refractivity contribution in [2.24, 2.45) is 0 Å². The van der Waals surface area contributed by atoms with Crippen molar-refractivity contribution in [3.8, 4) is 0 Å². The lowest BCUT2D eigenvalue weighted by Crippen LogP contribution is -2.25. The molecule has 2 aliphatic carbocycles. The molecule has 0 N–H and O–H groups in total. The van der Waals surface area contributed by atoms with E-state index < -0.39 is 16.4 Å². The molecule has 3 heteroatoms. The first-order valence-corrected chi connectivity index (χ1v) is 14.7. The van der Waals surface area contributed by atoms with Crippen LogP contribution in [0.15, 0.2) is 45.3 Å². The summed E-state index contributed by atoms with van der Waals surface area (Å²) in [7, 11) is -2.42. The third-order valence-electron chi connectivity index (χ3n) is 4.84. The minimum Gasteiger partial charge on any atom is -0.418 e. The third-order valence-corrected chi connectivity index (χ3v) is 9.28. The average molecular weight is 317 g/mol. The molecule has 0 atom stereocenters. The van der Waals surface area contributed by atoms with Crippen LogP contribution in [0.2, 0.25) is 32.7 Å². The summed E-state index contributed by atoms with van der Waals surface area (Å²) in [5.74, 6) is 0. The van der Waals surface area contributed by atoms with Gasteiger partial charge in [0.2, 0.25) is 0 Å². The molecule has 0 aromatic carbocycles. The van der Waals surface area contributed by atoms with E-state index in [9.17, 15) is 0 Å². The molecule has 0 saturated carbocycles. The van der Waals surface area contributed by atoms with Crippen LogP contribution in [0.5, 0.6) is 0 Å². The average Bonchev–Trinajstić information content (AvgIpc) is 2.82. The second-order valence-electron chi connectivity index (χ2n) is 7.98. The molecule has 0 bridgehead atoms. The molecular weight excluding hydrogens is 288 g/mol. The summed E-state index contributed by atoms with van der Waals surface area (Å²) in [6.07, 6.45) is 11.9. The van der Waals surface area contributed by atoms with E-state index >= 15 is 0 Å². The van der Waals surface area contributed by atoms with Crippen molar-refractivity contribution in [3.63, 3.8) is 0 Å². The summed E-state index contributed by atoms with van der Waals surface area (Å²) in [5.41, 5.74) is 4.94. The topological polar surface area (TPSA) is 9.23 Å². The van der Waals surface area contributed by atoms with Crippen LogP contribution in [0.1, 0.15) is 25.7 Å². The maximum atomic E-state index is 5.99. The van der Waals surface area contributed by atoms with E-state index in [1.165, 1.54) is 12.8 Å². The van der Waals surface area contributed by atoms with Gasteiger partial charge >= 0.3 is 0 Å². The molecule has 1 heterocycles. The Morgan fingerprint density at radius 1 is 1.14 bits per heavy atom. The molecule has 0 aromatic heterocycles. The summed E-state index contributed by atoms with van der Waals surface area (Å²) in [5, 5.41) is 3.54. The largest absolute Gasteiger partial charge is 0.418 e. The van der Waals surface area contributed by atoms with Crippen molar-refractivity contribution in [2.45, 2.75) is 58.4 Å². The van der Waals surface area contributed by atoms with Gasteiger partial charge in [-0.25, -0.2) is 0 Å². The molecule has 1 aliphatic heterocycles. The van der Waals surface area contributed by atoms with E-state index in [0.29, 0.717) is 0 Å². The number of hydrogen-bond acceptors (Lipinski definition) is 1. The van der Waals surface area contributed by atoms with Gasteiger partial charge in [-0.2, -0.15) is 0 Å². The lowest BCUT2D eigenvalue weighted by atomic mass is 9.98. The molecule has 0 unspecified atom stereocenters. The van der Waals surface area contributed by atoms with Crippen LogP contribution >= 0.6 is 0 Å². The SMILES string of the molecule is C[Si](C)(C)OCCCC1=C(C2=C3C(=CC2)[Si]3(C)C)CC=C1. The summed E-state index contributed by atoms with van der Waals surface area (Å²) < 4.78 is 5.99. The Balaban J connectivity index is 1.65. The fraction of sp³-hybridized carbons (Fsp3) is 0.556. The van der Waals surface area contributed by atoms with E-state index in [2.05, 4.69) is 51.0 Å². The number of allylic oxidation sites excluding steroid dienone is 8. The van der Waals surface area contributed by atoms with Crippen molar-refractivity contribution < 1.29 is 4.43 Å². The summed E-state index contributed by atoms with van der Waals surface area (Å²) in [6, 6.07) is 0. The van der Waals surface area contributed by atoms with Crippen molar-refractivity contribution >= 4 is 16.4 Å². The molecule has 0 aromatic rings. The van der Waals surface area contributed by atoms with E-state index in [1.54, 1.807) is 27.1 Å². The molecule has 0 spiro atoms. The first-order valence-electron chi connectivity index (χ1n) is 8.28. The Hall–Kier alpha value is -0.646. The fourth-order valence-corrected chi connectivity index (χ4v) is 8.09. The van der Waals surface area contributed by atoms with E-state index in [-0.39, 0.29) is 0 Å². The van der Waals surface area contributed by atoms with Gasteiger partial charge in [-0.1, -0.05) is 41.7 Å². The van der Waals surface area contributed by atoms with Crippen molar-refractivity contribution in [1.82, 2.24) is 0 Å². The normalized spacial score (nSPS) is 23.0. The number of rotatable bonds is 6. The fourth-order valence-electron chi connectivity index (χ4n) is 3.72. The summed E-state index contributed by atoms with van der Waals surface area (Å²) >= 11 is 0. The van der Waals surface area contributed by atoms with Crippen LogP contribution in [0.4, 0.5) is 0 Å². The highest BCUT2D eigenvalue weighted by molar-refractivity contribution is 7.06. The van der Waals surface area contributed by atoms with Crippen LogP contribution in [0.3, 0.4) is 0 Å². The lowest BCUT2D eigenvalue weighted by Gasteiger charge is -2.17. The minimum atomic E-state index is -1.35. The molecule has 0 amide bonds. The second kappa shape index (κ2) is 5.22. The van der Waals surface area contributed by atoms with Crippen LogP contribution in [-0.2, 0) is 4.43 Å². The predicted molar refractivity (Wildman–Crippen MR) is 96.5 cm³/mol. The molecule has 1 saturated heterocycles. The maximum Gasteiger partial charge on any atom is 0.183 e. The zero-order chi connectivity index (χ0) is 15.3. The Morgan fingerprint density at radius 2 is 1.90 bits per heavy atom. The van der Waals surface area contributed by atoms with E-state index in [4.69, 9.17) is 4.43 Å². The lowest BCUT2D eigenvalue weighted by molar-refractivity contribution is 0.305. The summed E-state index contributed by atoms with van der Waals surface area (Å²) in [4.78, 5) is 0. The van der Waals surface area contributed by atoms with Crippen molar-refractivity contribution in [2.75, 3.05) is 6.61 Å². The van der Waals surface area contributed by atoms with Crippen molar-refractivity contribution in [3.05, 3.63) is 45.3 Å². The zero-order valence-electron chi connectivity index (χ0n) is 14.2. The van der Waals surface area contributed by atoms with Gasteiger partial charge in [0.05, 0.1) is 0 Å². The first-order chi connectivity index (χ1) is 9.81. The van der Waals surface area contributed by atoms with Gasteiger partial charge in [-0.3, -0.25) is 0 Å². The van der Waals surface area contributed by atoms with E-state index in [1.807, 2.05) is 0 Å². The third kappa shape index (κ3) is 2.96. The van der Waals surface area contributed by atoms with Crippen molar-refractivity contribution in [1.29, 1.82) is 0 Å². The van der Waals surface area contributed by atoms with Gasteiger partial charge in [0.1, 0.15) is 8.07 Å². The number of fused-ring (bicyclic) bond motifs is 1. The molecule has 1 fully saturated rings. The smallest absolute Gasteiger partial charge is 0.183 e. The van der Waals surface area contributed by atoms with Gasteiger partial charge in [-0.15, -0.1) is 0 Å². The highest BCUT2D eigenvalue weighted by Gasteiger charge is 2.52.